The third-order valence-electron chi connectivity index (χ3n) is 2.40. The Kier molecular flexibility index (Phi) is 2.89. The van der Waals surface area contributed by atoms with Crippen LogP contribution in [0.4, 0.5) is 0 Å². The summed E-state index contributed by atoms with van der Waals surface area (Å²) in [6, 6.07) is 3.95. The van der Waals surface area contributed by atoms with Crippen LogP contribution in [0.2, 0.25) is 4.34 Å². The highest BCUT2D eigenvalue weighted by Crippen LogP contribution is 2.25. The monoisotopic (exact) mass is 217 g/mol. The van der Waals surface area contributed by atoms with Crippen molar-refractivity contribution in [3.05, 3.63) is 21.3 Å². The van der Waals surface area contributed by atoms with Crippen LogP contribution < -0.4 is 5.32 Å². The van der Waals surface area contributed by atoms with E-state index in [0.717, 1.165) is 23.8 Å². The highest BCUT2D eigenvalue weighted by atomic mass is 35.5. The van der Waals surface area contributed by atoms with Gasteiger partial charge in [0.1, 0.15) is 0 Å². The lowest BCUT2D eigenvalue weighted by atomic mass is 10.0. The van der Waals surface area contributed by atoms with Crippen molar-refractivity contribution in [1.29, 1.82) is 0 Å². The molecule has 13 heavy (non-hydrogen) atoms. The van der Waals surface area contributed by atoms with Crippen LogP contribution in [0, 0.1) is 5.92 Å². The minimum atomic E-state index is -0.194. The predicted molar refractivity (Wildman–Crippen MR) is 55.4 cm³/mol. The Hall–Kier alpha value is -0.0900. The van der Waals surface area contributed by atoms with Gasteiger partial charge >= 0.3 is 0 Å². The second-order valence-corrected chi connectivity index (χ2v) is 5.20. The quantitative estimate of drug-likeness (QED) is 0.788. The maximum Gasteiger partial charge on any atom is 0.0931 e. The first kappa shape index (κ1) is 9.46. The summed E-state index contributed by atoms with van der Waals surface area (Å²) in [6.07, 6.45) is 0.742. The molecule has 2 N–H and O–H groups in total. The van der Waals surface area contributed by atoms with Gasteiger partial charge in [-0.05, 0) is 18.6 Å². The van der Waals surface area contributed by atoms with Crippen molar-refractivity contribution >= 4 is 22.9 Å². The fraction of sp³-hybridized carbons (Fsp3) is 0.556. The Balaban J connectivity index is 1.97. The summed E-state index contributed by atoms with van der Waals surface area (Å²) in [5.41, 5.74) is 0. The Morgan fingerprint density at radius 2 is 2.38 bits per heavy atom. The third kappa shape index (κ3) is 2.23. The maximum atomic E-state index is 9.57. The zero-order chi connectivity index (χ0) is 9.26. The van der Waals surface area contributed by atoms with Gasteiger partial charge in [0.05, 0.1) is 10.4 Å². The highest BCUT2D eigenvalue weighted by Gasteiger charge is 2.25. The Morgan fingerprint density at radius 3 is 2.92 bits per heavy atom. The zero-order valence-corrected chi connectivity index (χ0v) is 8.74. The van der Waals surface area contributed by atoms with Crippen LogP contribution in [0.5, 0.6) is 0 Å². The summed E-state index contributed by atoms with van der Waals surface area (Å²) in [7, 11) is 0. The number of thiophene rings is 1. The van der Waals surface area contributed by atoms with E-state index < -0.39 is 0 Å². The van der Waals surface area contributed by atoms with Gasteiger partial charge in [0.15, 0.2) is 0 Å². The molecule has 0 spiro atoms. The van der Waals surface area contributed by atoms with Gasteiger partial charge in [-0.3, -0.25) is 0 Å². The fourth-order valence-electron chi connectivity index (χ4n) is 1.65. The second-order valence-electron chi connectivity index (χ2n) is 3.40. The van der Waals surface area contributed by atoms with Crippen LogP contribution in [0.15, 0.2) is 12.1 Å². The van der Waals surface area contributed by atoms with E-state index in [-0.39, 0.29) is 6.10 Å². The molecular weight excluding hydrogens is 206 g/mol. The van der Waals surface area contributed by atoms with Crippen LogP contribution >= 0.6 is 22.9 Å². The number of rotatable bonds is 2. The van der Waals surface area contributed by atoms with Gasteiger partial charge in [-0.15, -0.1) is 11.3 Å². The maximum absolute atomic E-state index is 9.57. The number of nitrogens with one attached hydrogen (secondary N) is 1. The molecule has 0 aromatic carbocycles. The number of hydrogen-bond acceptors (Lipinski definition) is 3. The minimum absolute atomic E-state index is 0.194. The summed E-state index contributed by atoms with van der Waals surface area (Å²) in [5, 5.41) is 12.7. The molecule has 1 aromatic rings. The molecule has 4 heteroatoms. The van der Waals surface area contributed by atoms with Gasteiger partial charge in [-0.1, -0.05) is 11.6 Å². The number of aliphatic hydroxyl groups excluding tert-OH is 1. The topological polar surface area (TPSA) is 32.3 Å². The van der Waals surface area contributed by atoms with Crippen LogP contribution in [0.1, 0.15) is 4.88 Å². The number of β-amino-alcohol motifs (C(OH)–C–C–N with tert-alkyl or cyclic N) is 1. The standard InChI is InChI=1S/C9H12ClNOS/c10-9-2-1-7(13-9)3-6-4-11-5-8(6)12/h1-2,6,8,11-12H,3-5H2. The molecule has 0 bridgehead atoms. The van der Waals surface area contributed by atoms with Crippen LogP contribution in [-0.4, -0.2) is 24.3 Å². The van der Waals surface area contributed by atoms with E-state index in [1.807, 2.05) is 12.1 Å². The van der Waals surface area contributed by atoms with E-state index in [4.69, 9.17) is 11.6 Å². The molecule has 0 amide bonds. The predicted octanol–water partition coefficient (Wildman–Crippen LogP) is 1.52. The third-order valence-corrected chi connectivity index (χ3v) is 3.65. The van der Waals surface area contributed by atoms with Crippen molar-refractivity contribution in [3.63, 3.8) is 0 Å². The van der Waals surface area contributed by atoms with Gasteiger partial charge in [0, 0.05) is 23.9 Å². The molecule has 2 nitrogen and oxygen atoms in total. The van der Waals surface area contributed by atoms with Crippen molar-refractivity contribution in [3.8, 4) is 0 Å². The minimum Gasteiger partial charge on any atom is -0.391 e. The lowest BCUT2D eigenvalue weighted by molar-refractivity contribution is 0.148. The molecular formula is C9H12ClNOS. The molecule has 2 atom stereocenters. The van der Waals surface area contributed by atoms with Gasteiger partial charge in [0.2, 0.25) is 0 Å². The summed E-state index contributed by atoms with van der Waals surface area (Å²) in [6.45, 7) is 1.64. The lowest BCUT2D eigenvalue weighted by Gasteiger charge is -2.10. The molecule has 0 radical (unpaired) electrons. The molecule has 1 fully saturated rings. The second kappa shape index (κ2) is 3.96. The van der Waals surface area contributed by atoms with Crippen molar-refractivity contribution < 1.29 is 5.11 Å². The van der Waals surface area contributed by atoms with Crippen molar-refractivity contribution in [2.75, 3.05) is 13.1 Å². The molecule has 1 saturated heterocycles. The molecule has 1 aliphatic rings. The fourth-order valence-corrected chi connectivity index (χ4v) is 2.83. The Bertz CT molecular complexity index is 289. The highest BCUT2D eigenvalue weighted by molar-refractivity contribution is 7.16. The summed E-state index contributed by atoms with van der Waals surface area (Å²) < 4.78 is 0.829. The average Bonchev–Trinajstić information content (AvgIpc) is 2.64. The van der Waals surface area contributed by atoms with Crippen LogP contribution in [-0.2, 0) is 6.42 Å². The van der Waals surface area contributed by atoms with E-state index in [1.165, 1.54) is 4.88 Å². The number of halogens is 1. The number of hydrogen-bond donors (Lipinski definition) is 2. The molecule has 0 aliphatic carbocycles. The van der Waals surface area contributed by atoms with E-state index in [9.17, 15) is 5.11 Å². The summed E-state index contributed by atoms with van der Waals surface area (Å²) >= 11 is 7.43. The smallest absolute Gasteiger partial charge is 0.0931 e. The largest absolute Gasteiger partial charge is 0.391 e. The average molecular weight is 218 g/mol. The molecule has 1 aliphatic heterocycles. The first-order chi connectivity index (χ1) is 6.25. The van der Waals surface area contributed by atoms with E-state index in [0.29, 0.717) is 5.92 Å². The van der Waals surface area contributed by atoms with Gasteiger partial charge in [-0.25, -0.2) is 0 Å². The zero-order valence-electron chi connectivity index (χ0n) is 7.16. The first-order valence-corrected chi connectivity index (χ1v) is 5.58. The molecule has 2 heterocycles. The molecule has 1 aromatic heterocycles. The molecule has 2 unspecified atom stereocenters. The Morgan fingerprint density at radius 1 is 1.54 bits per heavy atom. The SMILES string of the molecule is OC1CNCC1Cc1ccc(Cl)s1. The normalized spacial score (nSPS) is 28.2. The van der Waals surface area contributed by atoms with Crippen LogP contribution in [0.25, 0.3) is 0 Å². The van der Waals surface area contributed by atoms with Gasteiger partial charge in [-0.2, -0.15) is 0 Å². The van der Waals surface area contributed by atoms with Crippen molar-refractivity contribution in [2.45, 2.75) is 12.5 Å². The van der Waals surface area contributed by atoms with Crippen LogP contribution in [0.3, 0.4) is 0 Å². The first-order valence-electron chi connectivity index (χ1n) is 4.38. The Labute approximate surface area is 86.5 Å². The van der Waals surface area contributed by atoms with E-state index in [1.54, 1.807) is 11.3 Å². The number of aliphatic hydroxyl groups is 1. The van der Waals surface area contributed by atoms with Gasteiger partial charge < -0.3 is 10.4 Å². The van der Waals surface area contributed by atoms with Gasteiger partial charge in [0.25, 0.3) is 0 Å². The summed E-state index contributed by atoms with van der Waals surface area (Å²) in [5.74, 6) is 0.356. The van der Waals surface area contributed by atoms with E-state index in [2.05, 4.69) is 5.32 Å². The van der Waals surface area contributed by atoms with Crippen molar-refractivity contribution in [1.82, 2.24) is 5.32 Å². The lowest BCUT2D eigenvalue weighted by Crippen LogP contribution is -2.19. The molecule has 72 valence electrons. The molecule has 2 rings (SSSR count). The van der Waals surface area contributed by atoms with E-state index >= 15 is 0 Å². The van der Waals surface area contributed by atoms with Crippen molar-refractivity contribution in [2.24, 2.45) is 5.92 Å². The molecule has 0 saturated carbocycles. The summed E-state index contributed by atoms with van der Waals surface area (Å²) in [4.78, 5) is 1.26.